The summed E-state index contributed by atoms with van der Waals surface area (Å²) in [4.78, 5) is 4.22. The van der Waals surface area contributed by atoms with Gasteiger partial charge in [0.25, 0.3) is 0 Å². The first-order valence-electron chi connectivity index (χ1n) is 7.22. The molecular formula is C15H23ClIN3OS. The lowest BCUT2D eigenvalue weighted by Gasteiger charge is -2.15. The van der Waals surface area contributed by atoms with Gasteiger partial charge in [-0.25, -0.2) is 0 Å². The average Bonchev–Trinajstić information content (AvgIpc) is 3.00. The highest BCUT2D eigenvalue weighted by Crippen LogP contribution is 2.25. The number of halogens is 2. The topological polar surface area (TPSA) is 45.7 Å². The van der Waals surface area contributed by atoms with Gasteiger partial charge in [0, 0.05) is 23.9 Å². The van der Waals surface area contributed by atoms with Gasteiger partial charge in [-0.05, 0) is 36.8 Å². The Balaban J connectivity index is 0.00000242. The van der Waals surface area contributed by atoms with Crippen molar-refractivity contribution >= 4 is 53.3 Å². The Morgan fingerprint density at radius 2 is 2.32 bits per heavy atom. The van der Waals surface area contributed by atoms with E-state index in [4.69, 9.17) is 16.3 Å². The second kappa shape index (κ2) is 11.2. The van der Waals surface area contributed by atoms with Crippen LogP contribution in [0.2, 0.25) is 5.02 Å². The number of rotatable bonds is 6. The minimum absolute atomic E-state index is 0. The highest BCUT2D eigenvalue weighted by atomic mass is 127. The van der Waals surface area contributed by atoms with Crippen LogP contribution in [0, 0.1) is 0 Å². The number of hydrogen-bond donors (Lipinski definition) is 2. The molecule has 1 heterocycles. The minimum Gasteiger partial charge on any atom is -0.492 e. The Hall–Kier alpha value is -0.340. The van der Waals surface area contributed by atoms with Gasteiger partial charge in [-0.3, -0.25) is 4.99 Å². The van der Waals surface area contributed by atoms with Gasteiger partial charge in [-0.2, -0.15) is 11.8 Å². The highest BCUT2D eigenvalue weighted by molar-refractivity contribution is 14.0. The second-order valence-corrected chi connectivity index (χ2v) is 6.67. The van der Waals surface area contributed by atoms with Crippen LogP contribution in [-0.4, -0.2) is 43.7 Å². The van der Waals surface area contributed by atoms with Crippen molar-refractivity contribution in [1.82, 2.24) is 10.6 Å². The third-order valence-electron chi connectivity index (χ3n) is 3.20. The Bertz CT molecular complexity index is 470. The zero-order valence-electron chi connectivity index (χ0n) is 12.7. The van der Waals surface area contributed by atoms with E-state index in [2.05, 4.69) is 15.6 Å². The van der Waals surface area contributed by atoms with Gasteiger partial charge in [-0.15, -0.1) is 24.0 Å². The van der Waals surface area contributed by atoms with Crippen LogP contribution in [-0.2, 0) is 0 Å². The summed E-state index contributed by atoms with van der Waals surface area (Å²) in [5.41, 5.74) is 0. The van der Waals surface area contributed by atoms with Crippen LogP contribution in [0.5, 0.6) is 5.75 Å². The number of nitrogens with one attached hydrogen (secondary N) is 2. The molecule has 0 radical (unpaired) electrons. The van der Waals surface area contributed by atoms with E-state index in [0.717, 1.165) is 18.3 Å². The molecule has 1 aromatic carbocycles. The third kappa shape index (κ3) is 7.28. The molecule has 1 aromatic rings. The fourth-order valence-corrected chi connectivity index (χ4v) is 3.51. The largest absolute Gasteiger partial charge is 0.492 e. The van der Waals surface area contributed by atoms with E-state index in [1.165, 1.54) is 18.6 Å². The summed E-state index contributed by atoms with van der Waals surface area (Å²) >= 11 is 7.95. The summed E-state index contributed by atoms with van der Waals surface area (Å²) in [6.45, 7) is 2.24. The van der Waals surface area contributed by atoms with Crippen LogP contribution in [0.3, 0.4) is 0 Å². The molecule has 0 bridgehead atoms. The minimum atomic E-state index is 0. The standard InChI is InChI=1S/C15H22ClN3OS.HI/c1-17-15(19-11-14-6-3-9-21-14)18-7-8-20-13-5-2-4-12(16)10-13;/h2,4-5,10,14H,3,6-9,11H2,1H3,(H2,17,18,19);1H. The van der Waals surface area contributed by atoms with Crippen LogP contribution in [0.25, 0.3) is 0 Å². The lowest BCUT2D eigenvalue weighted by molar-refractivity contribution is 0.322. The van der Waals surface area contributed by atoms with Crippen molar-refractivity contribution < 1.29 is 4.74 Å². The van der Waals surface area contributed by atoms with Crippen molar-refractivity contribution in [3.8, 4) is 5.75 Å². The Morgan fingerprint density at radius 1 is 1.45 bits per heavy atom. The van der Waals surface area contributed by atoms with Crippen molar-refractivity contribution in [2.24, 2.45) is 4.99 Å². The molecule has 1 fully saturated rings. The average molecular weight is 456 g/mol. The van der Waals surface area contributed by atoms with Gasteiger partial charge < -0.3 is 15.4 Å². The molecule has 0 saturated carbocycles. The number of aliphatic imine (C=N–C) groups is 1. The first-order chi connectivity index (χ1) is 10.3. The quantitative estimate of drug-likeness (QED) is 0.299. The van der Waals surface area contributed by atoms with Crippen LogP contribution in [0.4, 0.5) is 0 Å². The lowest BCUT2D eigenvalue weighted by Crippen LogP contribution is -2.41. The summed E-state index contributed by atoms with van der Waals surface area (Å²) in [6, 6.07) is 7.42. The van der Waals surface area contributed by atoms with Gasteiger partial charge in [-0.1, -0.05) is 17.7 Å². The summed E-state index contributed by atoms with van der Waals surface area (Å²) in [5.74, 6) is 2.90. The monoisotopic (exact) mass is 455 g/mol. The number of hydrogen-bond acceptors (Lipinski definition) is 3. The molecule has 0 spiro atoms. The normalized spacial score (nSPS) is 17.7. The number of guanidine groups is 1. The van der Waals surface area contributed by atoms with E-state index >= 15 is 0 Å². The van der Waals surface area contributed by atoms with Crippen molar-refractivity contribution in [2.75, 3.05) is 32.5 Å². The van der Waals surface area contributed by atoms with E-state index in [9.17, 15) is 0 Å². The van der Waals surface area contributed by atoms with E-state index in [1.807, 2.05) is 36.0 Å². The maximum Gasteiger partial charge on any atom is 0.191 e. The summed E-state index contributed by atoms with van der Waals surface area (Å²) in [5, 5.41) is 8.01. The van der Waals surface area contributed by atoms with Crippen LogP contribution in [0.1, 0.15) is 12.8 Å². The lowest BCUT2D eigenvalue weighted by atomic mass is 10.2. The van der Waals surface area contributed by atoms with E-state index in [-0.39, 0.29) is 24.0 Å². The first-order valence-corrected chi connectivity index (χ1v) is 8.65. The molecule has 0 amide bonds. The Labute approximate surface area is 158 Å². The van der Waals surface area contributed by atoms with E-state index in [1.54, 1.807) is 7.05 Å². The Morgan fingerprint density at radius 3 is 3.00 bits per heavy atom. The maximum atomic E-state index is 5.91. The number of nitrogens with zero attached hydrogens (tertiary/aromatic N) is 1. The van der Waals surface area contributed by atoms with Gasteiger partial charge >= 0.3 is 0 Å². The SMILES string of the molecule is CN=C(NCCOc1cccc(Cl)c1)NCC1CCCS1.I. The summed E-state index contributed by atoms with van der Waals surface area (Å²) < 4.78 is 5.63. The molecule has 0 aliphatic carbocycles. The molecule has 1 saturated heterocycles. The zero-order chi connectivity index (χ0) is 14.9. The van der Waals surface area contributed by atoms with Crippen molar-refractivity contribution in [2.45, 2.75) is 18.1 Å². The molecule has 1 unspecified atom stereocenters. The predicted octanol–water partition coefficient (Wildman–Crippen LogP) is 3.40. The van der Waals surface area contributed by atoms with Gasteiger partial charge in [0.15, 0.2) is 5.96 Å². The van der Waals surface area contributed by atoms with Crippen molar-refractivity contribution in [1.29, 1.82) is 0 Å². The second-order valence-electron chi connectivity index (χ2n) is 4.82. The predicted molar refractivity (Wildman–Crippen MR) is 107 cm³/mol. The zero-order valence-corrected chi connectivity index (χ0v) is 16.6. The molecule has 1 aliphatic rings. The summed E-state index contributed by atoms with van der Waals surface area (Å²) in [7, 11) is 1.79. The van der Waals surface area contributed by atoms with Crippen LogP contribution >= 0.6 is 47.3 Å². The molecule has 2 rings (SSSR count). The van der Waals surface area contributed by atoms with E-state index in [0.29, 0.717) is 23.4 Å². The Kier molecular flexibility index (Phi) is 10.1. The third-order valence-corrected chi connectivity index (χ3v) is 4.84. The molecule has 4 nitrogen and oxygen atoms in total. The molecule has 7 heteroatoms. The number of thioether (sulfide) groups is 1. The molecule has 0 aromatic heterocycles. The molecule has 2 N–H and O–H groups in total. The van der Waals surface area contributed by atoms with Gasteiger partial charge in [0.05, 0.1) is 6.54 Å². The molecule has 1 aliphatic heterocycles. The fourth-order valence-electron chi connectivity index (χ4n) is 2.13. The van der Waals surface area contributed by atoms with E-state index < -0.39 is 0 Å². The van der Waals surface area contributed by atoms with Crippen molar-refractivity contribution in [3.05, 3.63) is 29.3 Å². The first kappa shape index (κ1) is 19.7. The molecule has 22 heavy (non-hydrogen) atoms. The van der Waals surface area contributed by atoms with Crippen molar-refractivity contribution in [3.63, 3.8) is 0 Å². The van der Waals surface area contributed by atoms with Gasteiger partial charge in [0.1, 0.15) is 12.4 Å². The summed E-state index contributed by atoms with van der Waals surface area (Å²) in [6.07, 6.45) is 2.63. The molecular weight excluding hydrogens is 433 g/mol. The van der Waals surface area contributed by atoms with Gasteiger partial charge in [0.2, 0.25) is 0 Å². The number of ether oxygens (including phenoxy) is 1. The smallest absolute Gasteiger partial charge is 0.191 e. The molecule has 1 atom stereocenters. The number of benzene rings is 1. The van der Waals surface area contributed by atoms with Crippen LogP contribution < -0.4 is 15.4 Å². The highest BCUT2D eigenvalue weighted by Gasteiger charge is 2.15. The fraction of sp³-hybridized carbons (Fsp3) is 0.533. The maximum absolute atomic E-state index is 5.91. The molecule has 124 valence electrons. The van der Waals surface area contributed by atoms with Crippen LogP contribution in [0.15, 0.2) is 29.3 Å².